The summed E-state index contributed by atoms with van der Waals surface area (Å²) in [6, 6.07) is 13.5. The number of imide groups is 1. The average Bonchev–Trinajstić information content (AvgIpc) is 2.72. The summed E-state index contributed by atoms with van der Waals surface area (Å²) in [6.45, 7) is 1.58. The molecule has 1 aliphatic rings. The van der Waals surface area contributed by atoms with Crippen molar-refractivity contribution in [1.29, 1.82) is 0 Å². The second-order valence-corrected chi connectivity index (χ2v) is 7.04. The molecule has 0 radical (unpaired) electrons. The Morgan fingerprint density at radius 2 is 1.90 bits per heavy atom. The Morgan fingerprint density at radius 1 is 1.10 bits per heavy atom. The summed E-state index contributed by atoms with van der Waals surface area (Å²) in [5.41, 5.74) is 2.46. The van der Waals surface area contributed by atoms with Gasteiger partial charge in [-0.05, 0) is 30.7 Å². The van der Waals surface area contributed by atoms with Crippen molar-refractivity contribution in [3.05, 3.63) is 81.4 Å². The van der Waals surface area contributed by atoms with Gasteiger partial charge in [-0.15, -0.1) is 0 Å². The molecule has 2 amide bonds. The minimum Gasteiger partial charge on any atom is -0.459 e. The van der Waals surface area contributed by atoms with Crippen molar-refractivity contribution in [2.24, 2.45) is 0 Å². The first kappa shape index (κ1) is 19.5. The van der Waals surface area contributed by atoms with Crippen molar-refractivity contribution in [1.82, 2.24) is 14.3 Å². The van der Waals surface area contributed by atoms with E-state index in [9.17, 15) is 19.2 Å². The Hall–Kier alpha value is -3.81. The fourth-order valence-electron chi connectivity index (χ4n) is 3.49. The summed E-state index contributed by atoms with van der Waals surface area (Å²) in [6.07, 6.45) is -0.00729. The van der Waals surface area contributed by atoms with Gasteiger partial charge in [-0.2, -0.15) is 0 Å². The molecule has 0 saturated carbocycles. The molecule has 0 unspecified atom stereocenters. The standard InChI is InChI=1S/C22H19N3O5/c1-14-5-4-8-18-23-16(12-20(27)25(14)18)13-30-21(28)9-10-24-19(26)11-15-6-2-3-7-17(15)22(24)29/h2-8,12H,9-11,13H2,1H3. The number of carbonyl (C=O) groups is 3. The zero-order valence-electron chi connectivity index (χ0n) is 16.3. The number of rotatable bonds is 5. The van der Waals surface area contributed by atoms with Gasteiger partial charge in [-0.25, -0.2) is 4.98 Å². The lowest BCUT2D eigenvalue weighted by Crippen LogP contribution is -2.43. The number of pyridine rings is 1. The molecule has 152 valence electrons. The normalized spacial score (nSPS) is 13.4. The van der Waals surface area contributed by atoms with E-state index in [1.165, 1.54) is 10.5 Å². The van der Waals surface area contributed by atoms with Crippen LogP contribution in [0.4, 0.5) is 0 Å². The molecule has 2 aromatic heterocycles. The monoisotopic (exact) mass is 405 g/mol. The number of hydrogen-bond donors (Lipinski definition) is 0. The van der Waals surface area contributed by atoms with Crippen LogP contribution in [-0.4, -0.2) is 38.6 Å². The van der Waals surface area contributed by atoms with E-state index in [1.807, 2.05) is 0 Å². The van der Waals surface area contributed by atoms with Crippen molar-refractivity contribution < 1.29 is 19.1 Å². The number of esters is 1. The highest BCUT2D eigenvalue weighted by Gasteiger charge is 2.30. The van der Waals surface area contributed by atoms with E-state index in [2.05, 4.69) is 4.98 Å². The average molecular weight is 405 g/mol. The predicted molar refractivity (Wildman–Crippen MR) is 107 cm³/mol. The maximum absolute atomic E-state index is 12.5. The molecular weight excluding hydrogens is 386 g/mol. The first-order valence-corrected chi connectivity index (χ1v) is 9.50. The van der Waals surface area contributed by atoms with Crippen LogP contribution in [0.15, 0.2) is 53.3 Å². The highest BCUT2D eigenvalue weighted by atomic mass is 16.5. The summed E-state index contributed by atoms with van der Waals surface area (Å²) in [5, 5.41) is 0. The lowest BCUT2D eigenvalue weighted by atomic mass is 9.98. The van der Waals surface area contributed by atoms with Crippen LogP contribution in [0.1, 0.15) is 33.7 Å². The number of aromatic nitrogens is 2. The third kappa shape index (κ3) is 3.71. The molecule has 1 aliphatic heterocycles. The van der Waals surface area contributed by atoms with Gasteiger partial charge in [-0.1, -0.05) is 24.3 Å². The van der Waals surface area contributed by atoms with Gasteiger partial charge in [0.05, 0.1) is 18.5 Å². The molecular formula is C22H19N3O5. The van der Waals surface area contributed by atoms with Gasteiger partial charge in [0, 0.05) is 23.9 Å². The molecule has 0 atom stereocenters. The van der Waals surface area contributed by atoms with Gasteiger partial charge in [-0.3, -0.25) is 28.5 Å². The summed E-state index contributed by atoms with van der Waals surface area (Å²) in [4.78, 5) is 54.6. The highest BCUT2D eigenvalue weighted by Crippen LogP contribution is 2.19. The maximum Gasteiger partial charge on any atom is 0.307 e. The van der Waals surface area contributed by atoms with Crippen LogP contribution in [0.2, 0.25) is 0 Å². The first-order chi connectivity index (χ1) is 14.4. The SMILES string of the molecule is Cc1cccc2nc(COC(=O)CCN3C(=O)Cc4ccccc4C3=O)cc(=O)n12. The third-order valence-corrected chi connectivity index (χ3v) is 4.99. The summed E-state index contributed by atoms with van der Waals surface area (Å²) < 4.78 is 6.66. The smallest absolute Gasteiger partial charge is 0.307 e. The molecule has 8 nitrogen and oxygen atoms in total. The number of carbonyl (C=O) groups excluding carboxylic acids is 3. The Labute approximate surface area is 171 Å². The van der Waals surface area contributed by atoms with Gasteiger partial charge in [0.25, 0.3) is 11.5 Å². The fraction of sp³-hybridized carbons (Fsp3) is 0.227. The number of nitrogens with zero attached hydrogens (tertiary/aromatic N) is 3. The fourth-order valence-corrected chi connectivity index (χ4v) is 3.49. The Kier molecular flexibility index (Phi) is 5.14. The number of amides is 2. The number of ether oxygens (including phenoxy) is 1. The first-order valence-electron chi connectivity index (χ1n) is 9.50. The summed E-state index contributed by atoms with van der Waals surface area (Å²) >= 11 is 0. The Bertz CT molecular complexity index is 1230. The van der Waals surface area contributed by atoms with Crippen molar-refractivity contribution >= 4 is 23.4 Å². The summed E-state index contributed by atoms with van der Waals surface area (Å²) in [7, 11) is 0. The van der Waals surface area contributed by atoms with Crippen LogP contribution in [-0.2, 0) is 27.4 Å². The lowest BCUT2D eigenvalue weighted by molar-refractivity contribution is -0.145. The molecule has 8 heteroatoms. The van der Waals surface area contributed by atoms with E-state index >= 15 is 0 Å². The molecule has 0 saturated heterocycles. The second-order valence-electron chi connectivity index (χ2n) is 7.04. The van der Waals surface area contributed by atoms with E-state index in [4.69, 9.17) is 4.74 Å². The van der Waals surface area contributed by atoms with Crippen LogP contribution in [0.25, 0.3) is 5.65 Å². The van der Waals surface area contributed by atoms with Gasteiger partial charge in [0.1, 0.15) is 12.3 Å². The van der Waals surface area contributed by atoms with Crippen LogP contribution < -0.4 is 5.56 Å². The van der Waals surface area contributed by atoms with Crippen LogP contribution in [0, 0.1) is 6.92 Å². The highest BCUT2D eigenvalue weighted by molar-refractivity contribution is 6.09. The quantitative estimate of drug-likeness (QED) is 0.473. The zero-order chi connectivity index (χ0) is 21.3. The molecule has 3 heterocycles. The predicted octanol–water partition coefficient (Wildman–Crippen LogP) is 1.66. The number of aryl methyl sites for hydroxylation is 1. The van der Waals surface area contributed by atoms with E-state index in [-0.39, 0.29) is 37.5 Å². The number of benzene rings is 1. The molecule has 1 aromatic carbocycles. The molecule has 0 N–H and O–H groups in total. The van der Waals surface area contributed by atoms with Crippen molar-refractivity contribution in [3.8, 4) is 0 Å². The van der Waals surface area contributed by atoms with Crippen molar-refractivity contribution in [3.63, 3.8) is 0 Å². The molecule has 3 aromatic rings. The number of fused-ring (bicyclic) bond motifs is 2. The van der Waals surface area contributed by atoms with Crippen molar-refractivity contribution in [2.45, 2.75) is 26.4 Å². The largest absolute Gasteiger partial charge is 0.459 e. The Balaban J connectivity index is 1.38. The third-order valence-electron chi connectivity index (χ3n) is 4.99. The summed E-state index contributed by atoms with van der Waals surface area (Å²) in [5.74, 6) is -1.33. The molecule has 30 heavy (non-hydrogen) atoms. The van der Waals surface area contributed by atoms with Gasteiger partial charge >= 0.3 is 5.97 Å². The van der Waals surface area contributed by atoms with Crippen molar-refractivity contribution in [2.75, 3.05) is 6.54 Å². The molecule has 0 aliphatic carbocycles. The lowest BCUT2D eigenvalue weighted by Gasteiger charge is -2.26. The van der Waals surface area contributed by atoms with E-state index < -0.39 is 11.9 Å². The van der Waals surface area contributed by atoms with E-state index in [0.717, 1.165) is 10.6 Å². The molecule has 0 spiro atoms. The molecule has 0 fully saturated rings. The molecule has 4 rings (SSSR count). The minimum absolute atomic E-state index is 0.0577. The molecule has 0 bridgehead atoms. The topological polar surface area (TPSA) is 98.0 Å². The maximum atomic E-state index is 12.5. The van der Waals surface area contributed by atoms with Crippen LogP contribution >= 0.6 is 0 Å². The van der Waals surface area contributed by atoms with Gasteiger partial charge < -0.3 is 4.74 Å². The van der Waals surface area contributed by atoms with E-state index in [1.54, 1.807) is 49.4 Å². The zero-order valence-corrected chi connectivity index (χ0v) is 16.3. The van der Waals surface area contributed by atoms with Crippen LogP contribution in [0.5, 0.6) is 0 Å². The Morgan fingerprint density at radius 3 is 2.73 bits per heavy atom. The van der Waals surface area contributed by atoms with Gasteiger partial charge in [0.15, 0.2) is 0 Å². The van der Waals surface area contributed by atoms with Crippen LogP contribution in [0.3, 0.4) is 0 Å². The van der Waals surface area contributed by atoms with Gasteiger partial charge in [0.2, 0.25) is 5.91 Å². The number of hydrogen-bond acceptors (Lipinski definition) is 6. The second kappa shape index (κ2) is 7.90. The van der Waals surface area contributed by atoms with E-state index in [0.29, 0.717) is 22.5 Å². The minimum atomic E-state index is -0.583.